The van der Waals surface area contributed by atoms with E-state index in [1.165, 1.54) is 44.0 Å². The van der Waals surface area contributed by atoms with Crippen molar-refractivity contribution in [2.24, 2.45) is 0 Å². The zero-order valence-corrected chi connectivity index (χ0v) is 27.4. The van der Waals surface area contributed by atoms with Crippen molar-refractivity contribution in [2.75, 3.05) is 0 Å². The van der Waals surface area contributed by atoms with Crippen LogP contribution in [0, 0.1) is 0 Å². The summed E-state index contributed by atoms with van der Waals surface area (Å²) in [5.41, 5.74) is 9.08. The minimum absolute atomic E-state index is 0.00903. The summed E-state index contributed by atoms with van der Waals surface area (Å²) >= 11 is 0. The predicted molar refractivity (Wildman–Crippen MR) is 201 cm³/mol. The molecule has 0 aliphatic heterocycles. The average Bonchev–Trinajstić information content (AvgIpc) is 3.14. The van der Waals surface area contributed by atoms with Gasteiger partial charge in [-0.25, -0.2) is 15.0 Å². The van der Waals surface area contributed by atoms with Crippen molar-refractivity contribution in [2.45, 2.75) is 26.2 Å². The molecule has 8 aromatic rings. The van der Waals surface area contributed by atoms with Gasteiger partial charge in [0.2, 0.25) is 0 Å². The molecule has 7 aromatic carbocycles. The number of aromatic nitrogens is 3. The van der Waals surface area contributed by atoms with Crippen LogP contribution in [0.3, 0.4) is 0 Å². The van der Waals surface area contributed by atoms with Gasteiger partial charge in [-0.3, -0.25) is 0 Å². The maximum absolute atomic E-state index is 4.94. The SMILES string of the molecule is CC(C)(C)c1cc(-c2ccc3ccccc3c2)cc(-c2ccc3cc(-c4nc(-c5ccccc5)nc(-c5ccccc5)n4)ccc3c2)c1. The summed E-state index contributed by atoms with van der Waals surface area (Å²) in [6.45, 7) is 6.85. The lowest BCUT2D eigenvalue weighted by atomic mass is 9.83. The fraction of sp³-hybridized carbons (Fsp3) is 0.0889. The van der Waals surface area contributed by atoms with Crippen LogP contribution in [0.5, 0.6) is 0 Å². The first-order valence-corrected chi connectivity index (χ1v) is 16.4. The first-order chi connectivity index (χ1) is 23.4. The molecule has 0 aliphatic carbocycles. The monoisotopic (exact) mass is 617 g/mol. The van der Waals surface area contributed by atoms with Crippen LogP contribution < -0.4 is 0 Å². The van der Waals surface area contributed by atoms with Crippen molar-refractivity contribution >= 4 is 21.5 Å². The Morgan fingerprint density at radius 2 is 0.708 bits per heavy atom. The summed E-state index contributed by atoms with van der Waals surface area (Å²) < 4.78 is 0. The normalized spacial score (nSPS) is 11.6. The Balaban J connectivity index is 1.20. The highest BCUT2D eigenvalue weighted by molar-refractivity contribution is 5.92. The largest absolute Gasteiger partial charge is 0.208 e. The molecule has 0 aliphatic rings. The third kappa shape index (κ3) is 5.87. The summed E-state index contributed by atoms with van der Waals surface area (Å²) in [5, 5.41) is 4.82. The molecule has 0 saturated heterocycles. The molecule has 230 valence electrons. The molecule has 8 rings (SSSR count). The zero-order chi connectivity index (χ0) is 32.7. The molecule has 1 heterocycles. The van der Waals surface area contributed by atoms with E-state index >= 15 is 0 Å². The van der Waals surface area contributed by atoms with Gasteiger partial charge >= 0.3 is 0 Å². The van der Waals surface area contributed by atoms with Crippen LogP contribution in [0.1, 0.15) is 26.3 Å². The van der Waals surface area contributed by atoms with Crippen molar-refractivity contribution in [1.29, 1.82) is 0 Å². The molecule has 0 atom stereocenters. The first-order valence-electron chi connectivity index (χ1n) is 16.4. The van der Waals surface area contributed by atoms with Crippen molar-refractivity contribution < 1.29 is 0 Å². The summed E-state index contributed by atoms with van der Waals surface area (Å²) in [6, 6.07) is 55.8. The van der Waals surface area contributed by atoms with E-state index in [-0.39, 0.29) is 5.41 Å². The fourth-order valence-electron chi connectivity index (χ4n) is 6.26. The third-order valence-corrected chi connectivity index (χ3v) is 9.01. The van der Waals surface area contributed by atoms with E-state index in [2.05, 4.69) is 118 Å². The van der Waals surface area contributed by atoms with Gasteiger partial charge in [-0.1, -0.05) is 154 Å². The fourth-order valence-corrected chi connectivity index (χ4v) is 6.26. The topological polar surface area (TPSA) is 38.7 Å². The van der Waals surface area contributed by atoms with Gasteiger partial charge in [-0.15, -0.1) is 0 Å². The Bertz CT molecular complexity index is 2370. The van der Waals surface area contributed by atoms with Crippen molar-refractivity contribution in [3.05, 3.63) is 163 Å². The molecular formula is C45H35N3. The van der Waals surface area contributed by atoms with E-state index in [1.54, 1.807) is 0 Å². The highest BCUT2D eigenvalue weighted by Gasteiger charge is 2.18. The second-order valence-corrected chi connectivity index (χ2v) is 13.4. The Morgan fingerprint density at radius 3 is 1.23 bits per heavy atom. The molecule has 0 N–H and O–H groups in total. The van der Waals surface area contributed by atoms with Gasteiger partial charge in [-0.2, -0.15) is 0 Å². The van der Waals surface area contributed by atoms with Crippen LogP contribution in [-0.4, -0.2) is 15.0 Å². The van der Waals surface area contributed by atoms with E-state index in [9.17, 15) is 0 Å². The molecule has 0 spiro atoms. The predicted octanol–water partition coefficient (Wildman–Crippen LogP) is 11.8. The maximum atomic E-state index is 4.94. The van der Waals surface area contributed by atoms with E-state index in [1.807, 2.05) is 60.7 Å². The smallest absolute Gasteiger partial charge is 0.164 e. The second kappa shape index (κ2) is 12.0. The van der Waals surface area contributed by atoms with Crippen molar-refractivity contribution in [1.82, 2.24) is 15.0 Å². The average molecular weight is 618 g/mol. The van der Waals surface area contributed by atoms with Crippen LogP contribution in [0.2, 0.25) is 0 Å². The van der Waals surface area contributed by atoms with Crippen molar-refractivity contribution in [3.63, 3.8) is 0 Å². The molecular weight excluding hydrogens is 583 g/mol. The summed E-state index contributed by atoms with van der Waals surface area (Å²) in [7, 11) is 0. The molecule has 3 nitrogen and oxygen atoms in total. The molecule has 0 saturated carbocycles. The number of benzene rings is 7. The quantitative estimate of drug-likeness (QED) is 0.193. The number of nitrogens with zero attached hydrogens (tertiary/aromatic N) is 3. The summed E-state index contributed by atoms with van der Waals surface area (Å²) in [4.78, 5) is 14.7. The number of fused-ring (bicyclic) bond motifs is 2. The van der Waals surface area contributed by atoms with Gasteiger partial charge in [-0.05, 0) is 79.0 Å². The minimum atomic E-state index is 0.00903. The first kappa shape index (κ1) is 29.5. The molecule has 0 unspecified atom stereocenters. The Morgan fingerprint density at radius 1 is 0.312 bits per heavy atom. The lowest BCUT2D eigenvalue weighted by molar-refractivity contribution is 0.590. The standard InChI is InChI=1S/C45H35N3/c1-45(2,3)41-28-39(36-19-18-30-12-10-11-17-33(30)24-36)27-40(29-41)37-21-20-35-26-38(23-22-34(35)25-37)44-47-42(31-13-6-4-7-14-31)46-43(48-44)32-15-8-5-9-16-32/h4-29H,1-3H3. The maximum Gasteiger partial charge on any atom is 0.164 e. The minimum Gasteiger partial charge on any atom is -0.208 e. The van der Waals surface area contributed by atoms with Gasteiger partial charge in [0, 0.05) is 16.7 Å². The van der Waals surface area contributed by atoms with Gasteiger partial charge in [0.1, 0.15) is 0 Å². The summed E-state index contributed by atoms with van der Waals surface area (Å²) in [6.07, 6.45) is 0. The Labute approximate surface area is 281 Å². The van der Waals surface area contributed by atoms with E-state index < -0.39 is 0 Å². The highest BCUT2D eigenvalue weighted by Crippen LogP contribution is 2.36. The van der Waals surface area contributed by atoms with Crippen LogP contribution in [0.4, 0.5) is 0 Å². The molecule has 1 aromatic heterocycles. The van der Waals surface area contributed by atoms with Gasteiger partial charge in [0.15, 0.2) is 17.5 Å². The van der Waals surface area contributed by atoms with Gasteiger partial charge in [0.05, 0.1) is 0 Å². The zero-order valence-electron chi connectivity index (χ0n) is 27.4. The van der Waals surface area contributed by atoms with E-state index in [0.717, 1.165) is 22.1 Å². The third-order valence-electron chi connectivity index (χ3n) is 9.01. The molecule has 3 heteroatoms. The lowest BCUT2D eigenvalue weighted by Gasteiger charge is -2.22. The lowest BCUT2D eigenvalue weighted by Crippen LogP contribution is -2.11. The molecule has 0 bridgehead atoms. The van der Waals surface area contributed by atoms with Crippen molar-refractivity contribution in [3.8, 4) is 56.4 Å². The number of hydrogen-bond acceptors (Lipinski definition) is 3. The Kier molecular flexibility index (Phi) is 7.38. The van der Waals surface area contributed by atoms with Crippen LogP contribution in [-0.2, 0) is 5.41 Å². The van der Waals surface area contributed by atoms with Crippen LogP contribution >= 0.6 is 0 Å². The number of hydrogen-bond donors (Lipinski definition) is 0. The number of rotatable bonds is 5. The van der Waals surface area contributed by atoms with Gasteiger partial charge in [0.25, 0.3) is 0 Å². The second-order valence-electron chi connectivity index (χ2n) is 13.4. The molecule has 48 heavy (non-hydrogen) atoms. The molecule has 0 amide bonds. The summed E-state index contributed by atoms with van der Waals surface area (Å²) in [5.74, 6) is 1.98. The van der Waals surface area contributed by atoms with Crippen LogP contribution in [0.15, 0.2) is 158 Å². The van der Waals surface area contributed by atoms with E-state index in [4.69, 9.17) is 15.0 Å². The van der Waals surface area contributed by atoms with Gasteiger partial charge < -0.3 is 0 Å². The molecule has 0 fully saturated rings. The van der Waals surface area contributed by atoms with E-state index in [0.29, 0.717) is 17.5 Å². The van der Waals surface area contributed by atoms with Crippen LogP contribution in [0.25, 0.3) is 78.0 Å². The highest BCUT2D eigenvalue weighted by atomic mass is 15.0. The molecule has 0 radical (unpaired) electrons. The Hall–Kier alpha value is -5.93.